The molecule has 25 heavy (non-hydrogen) atoms. The number of hydrogen-bond acceptors (Lipinski definition) is 6. The van der Waals surface area contributed by atoms with Gasteiger partial charge in [0.25, 0.3) is 5.91 Å². The first kappa shape index (κ1) is 16.7. The Kier molecular flexibility index (Phi) is 4.78. The van der Waals surface area contributed by atoms with Gasteiger partial charge in [0.2, 0.25) is 0 Å². The summed E-state index contributed by atoms with van der Waals surface area (Å²) in [4.78, 5) is 12.4. The average molecular weight is 341 g/mol. The highest BCUT2D eigenvalue weighted by Gasteiger charge is 2.18. The molecule has 8 nitrogen and oxygen atoms in total. The first-order valence-electron chi connectivity index (χ1n) is 7.85. The Morgan fingerprint density at radius 1 is 1.32 bits per heavy atom. The maximum absolute atomic E-state index is 12.4. The number of amides is 1. The molecule has 0 bridgehead atoms. The third kappa shape index (κ3) is 3.52. The molecule has 130 valence electrons. The van der Waals surface area contributed by atoms with Crippen LogP contribution in [0.3, 0.4) is 0 Å². The third-order valence-electron chi connectivity index (χ3n) is 3.95. The van der Waals surface area contributed by atoms with E-state index in [9.17, 15) is 4.79 Å². The van der Waals surface area contributed by atoms with Crippen molar-refractivity contribution in [3.8, 4) is 17.0 Å². The van der Waals surface area contributed by atoms with Crippen LogP contribution >= 0.6 is 0 Å². The molecule has 0 radical (unpaired) electrons. The van der Waals surface area contributed by atoms with E-state index in [1.165, 1.54) is 0 Å². The van der Waals surface area contributed by atoms with E-state index in [0.717, 1.165) is 22.6 Å². The number of aromatic amines is 1. The third-order valence-corrected chi connectivity index (χ3v) is 3.95. The van der Waals surface area contributed by atoms with Crippen molar-refractivity contribution in [3.63, 3.8) is 0 Å². The van der Waals surface area contributed by atoms with Crippen LogP contribution in [0.4, 0.5) is 0 Å². The number of methoxy groups -OCH3 is 1. The van der Waals surface area contributed by atoms with E-state index in [0.29, 0.717) is 24.4 Å². The van der Waals surface area contributed by atoms with Crippen molar-refractivity contribution in [1.29, 1.82) is 0 Å². The van der Waals surface area contributed by atoms with Gasteiger partial charge >= 0.3 is 0 Å². The minimum absolute atomic E-state index is 0.243. The Balaban J connectivity index is 1.70. The fourth-order valence-corrected chi connectivity index (χ4v) is 2.60. The van der Waals surface area contributed by atoms with Gasteiger partial charge in [0.05, 0.1) is 12.8 Å². The van der Waals surface area contributed by atoms with Gasteiger partial charge in [-0.3, -0.25) is 4.79 Å². The Bertz CT molecular complexity index is 865. The van der Waals surface area contributed by atoms with Gasteiger partial charge in [-0.2, -0.15) is 15.4 Å². The van der Waals surface area contributed by atoms with Crippen molar-refractivity contribution in [2.75, 3.05) is 13.7 Å². The molecule has 1 amide bonds. The Labute approximate surface area is 144 Å². The Morgan fingerprint density at radius 2 is 2.16 bits per heavy atom. The molecular formula is C17H19N5O3. The minimum atomic E-state index is -0.293. The predicted octanol–water partition coefficient (Wildman–Crippen LogP) is 2.06. The fourth-order valence-electron chi connectivity index (χ4n) is 2.60. The summed E-state index contributed by atoms with van der Waals surface area (Å²) in [7, 11) is 1.59. The standard InChI is InChI=1S/C17H19N5O3/c1-10-14(11(2)25-21-10)7-8-18-17(23)16-15(19-22-20-16)12-5-4-6-13(9-12)24-3/h4-6,9H,7-8H2,1-3H3,(H,18,23)(H,19,20,22). The van der Waals surface area contributed by atoms with Gasteiger partial charge in [0, 0.05) is 17.7 Å². The van der Waals surface area contributed by atoms with Crippen LogP contribution < -0.4 is 10.1 Å². The van der Waals surface area contributed by atoms with Gasteiger partial charge in [-0.15, -0.1) is 0 Å². The van der Waals surface area contributed by atoms with Gasteiger partial charge in [0.1, 0.15) is 17.2 Å². The zero-order valence-electron chi connectivity index (χ0n) is 14.3. The molecule has 0 aliphatic carbocycles. The number of carbonyl (C=O) groups excluding carboxylic acids is 1. The van der Waals surface area contributed by atoms with Crippen molar-refractivity contribution < 1.29 is 14.1 Å². The number of carbonyl (C=O) groups is 1. The molecule has 0 atom stereocenters. The molecule has 0 aliphatic rings. The summed E-state index contributed by atoms with van der Waals surface area (Å²) in [5, 5.41) is 17.3. The lowest BCUT2D eigenvalue weighted by molar-refractivity contribution is 0.0949. The van der Waals surface area contributed by atoms with Gasteiger partial charge < -0.3 is 14.6 Å². The summed E-state index contributed by atoms with van der Waals surface area (Å²) < 4.78 is 10.3. The van der Waals surface area contributed by atoms with Crippen LogP contribution in [-0.2, 0) is 6.42 Å². The summed E-state index contributed by atoms with van der Waals surface area (Å²) in [5.41, 5.74) is 3.32. The number of nitrogens with zero attached hydrogens (tertiary/aromatic N) is 3. The maximum Gasteiger partial charge on any atom is 0.274 e. The molecule has 3 aromatic rings. The molecule has 2 aromatic heterocycles. The number of H-pyrrole nitrogens is 1. The maximum atomic E-state index is 12.4. The second-order valence-electron chi connectivity index (χ2n) is 5.56. The van der Waals surface area contributed by atoms with Crippen LogP contribution in [0, 0.1) is 13.8 Å². The van der Waals surface area contributed by atoms with Crippen LogP contribution in [0.25, 0.3) is 11.3 Å². The lowest BCUT2D eigenvalue weighted by Crippen LogP contribution is -2.26. The fraction of sp³-hybridized carbons (Fsp3) is 0.294. The smallest absolute Gasteiger partial charge is 0.274 e. The largest absolute Gasteiger partial charge is 0.497 e. The van der Waals surface area contributed by atoms with Gasteiger partial charge in [0.15, 0.2) is 5.69 Å². The lowest BCUT2D eigenvalue weighted by atomic mass is 10.1. The van der Waals surface area contributed by atoms with E-state index in [-0.39, 0.29) is 11.6 Å². The molecule has 0 unspecified atom stereocenters. The zero-order chi connectivity index (χ0) is 17.8. The monoisotopic (exact) mass is 341 g/mol. The SMILES string of the molecule is COc1cccc(-c2n[nH]nc2C(=O)NCCc2c(C)noc2C)c1. The Hall–Kier alpha value is -3.16. The molecule has 1 aromatic carbocycles. The highest BCUT2D eigenvalue weighted by molar-refractivity contribution is 5.97. The summed E-state index contributed by atoms with van der Waals surface area (Å²) in [6.07, 6.45) is 0.638. The van der Waals surface area contributed by atoms with E-state index >= 15 is 0 Å². The molecule has 0 aliphatic heterocycles. The quantitative estimate of drug-likeness (QED) is 0.711. The van der Waals surface area contributed by atoms with Crippen LogP contribution in [-0.4, -0.2) is 40.1 Å². The van der Waals surface area contributed by atoms with E-state index in [1.54, 1.807) is 13.2 Å². The zero-order valence-corrected chi connectivity index (χ0v) is 14.3. The summed E-state index contributed by atoms with van der Waals surface area (Å²) >= 11 is 0. The van der Waals surface area contributed by atoms with Gasteiger partial charge in [-0.1, -0.05) is 17.3 Å². The van der Waals surface area contributed by atoms with Crippen molar-refractivity contribution in [1.82, 2.24) is 25.9 Å². The summed E-state index contributed by atoms with van der Waals surface area (Å²) in [6.45, 7) is 4.19. The second-order valence-corrected chi connectivity index (χ2v) is 5.56. The number of benzene rings is 1. The second kappa shape index (κ2) is 7.16. The molecule has 0 saturated heterocycles. The minimum Gasteiger partial charge on any atom is -0.497 e. The molecular weight excluding hydrogens is 322 g/mol. The number of rotatable bonds is 6. The van der Waals surface area contributed by atoms with Crippen LogP contribution in [0.15, 0.2) is 28.8 Å². The van der Waals surface area contributed by atoms with E-state index in [1.807, 2.05) is 32.0 Å². The highest BCUT2D eigenvalue weighted by atomic mass is 16.5. The molecule has 3 rings (SSSR count). The summed E-state index contributed by atoms with van der Waals surface area (Å²) in [5.74, 6) is 1.16. The Morgan fingerprint density at radius 3 is 2.88 bits per heavy atom. The van der Waals surface area contributed by atoms with Crippen LogP contribution in [0.2, 0.25) is 0 Å². The topological polar surface area (TPSA) is 106 Å². The first-order chi connectivity index (χ1) is 12.1. The first-order valence-corrected chi connectivity index (χ1v) is 7.85. The molecule has 0 spiro atoms. The van der Waals surface area contributed by atoms with Gasteiger partial charge in [-0.25, -0.2) is 0 Å². The molecule has 2 heterocycles. The average Bonchev–Trinajstić information content (AvgIpc) is 3.23. The van der Waals surface area contributed by atoms with Crippen LogP contribution in [0.5, 0.6) is 5.75 Å². The van der Waals surface area contributed by atoms with Gasteiger partial charge in [-0.05, 0) is 32.4 Å². The van der Waals surface area contributed by atoms with Crippen molar-refractivity contribution in [3.05, 3.63) is 47.0 Å². The van der Waals surface area contributed by atoms with Crippen LogP contribution in [0.1, 0.15) is 27.5 Å². The van der Waals surface area contributed by atoms with E-state index in [4.69, 9.17) is 9.26 Å². The van der Waals surface area contributed by atoms with Crippen molar-refractivity contribution in [2.24, 2.45) is 0 Å². The highest BCUT2D eigenvalue weighted by Crippen LogP contribution is 2.23. The number of aromatic nitrogens is 4. The number of ether oxygens (including phenoxy) is 1. The normalized spacial score (nSPS) is 10.7. The van der Waals surface area contributed by atoms with E-state index < -0.39 is 0 Å². The van der Waals surface area contributed by atoms with Crippen molar-refractivity contribution >= 4 is 5.91 Å². The molecule has 0 fully saturated rings. The molecule has 8 heteroatoms. The summed E-state index contributed by atoms with van der Waals surface area (Å²) in [6, 6.07) is 7.31. The number of aryl methyl sites for hydroxylation is 2. The molecule has 0 saturated carbocycles. The number of nitrogens with one attached hydrogen (secondary N) is 2. The molecule has 2 N–H and O–H groups in total. The number of hydrogen-bond donors (Lipinski definition) is 2. The predicted molar refractivity (Wildman–Crippen MR) is 90.4 cm³/mol. The van der Waals surface area contributed by atoms with Crippen molar-refractivity contribution in [2.45, 2.75) is 20.3 Å². The van der Waals surface area contributed by atoms with E-state index in [2.05, 4.69) is 25.9 Å². The lowest BCUT2D eigenvalue weighted by Gasteiger charge is -2.05.